The Hall–Kier alpha value is -2.61. The Labute approximate surface area is 159 Å². The molecule has 2 unspecified atom stereocenters. The number of nitrogens with zero attached hydrogens (tertiary/aromatic N) is 3. The third-order valence-corrected chi connectivity index (χ3v) is 6.51. The highest BCUT2D eigenvalue weighted by Crippen LogP contribution is 2.61. The van der Waals surface area contributed by atoms with Gasteiger partial charge in [0.25, 0.3) is 5.91 Å². The standard InChI is InChI=1S/C22H24N4O/c1-26-9-6-19(25-26)20(27)24-22-13-16-10-17(14-22)12-21(11-16,15-22)7-5-18-4-2-3-8-23-18/h2-4,6,8-9,16-17H,10-15H2,1H3,(H,24,27). The molecule has 138 valence electrons. The molecule has 5 heteroatoms. The Kier molecular flexibility index (Phi) is 3.65. The van der Waals surface area contributed by atoms with Gasteiger partial charge in [-0.25, -0.2) is 4.98 Å². The SMILES string of the molecule is Cn1ccc(C(=O)NC23CC4CC(CC(C#Cc5ccccn5)(C4)C2)C3)n1. The predicted octanol–water partition coefficient (Wildman–Crippen LogP) is 2.94. The molecule has 4 fully saturated rings. The van der Waals surface area contributed by atoms with Crippen molar-refractivity contribution in [2.45, 2.75) is 44.1 Å². The van der Waals surface area contributed by atoms with Crippen LogP contribution in [0.25, 0.3) is 0 Å². The van der Waals surface area contributed by atoms with E-state index in [1.54, 1.807) is 16.9 Å². The smallest absolute Gasteiger partial charge is 0.272 e. The monoisotopic (exact) mass is 360 g/mol. The van der Waals surface area contributed by atoms with Crippen LogP contribution in [0.4, 0.5) is 0 Å². The molecule has 27 heavy (non-hydrogen) atoms. The van der Waals surface area contributed by atoms with E-state index >= 15 is 0 Å². The van der Waals surface area contributed by atoms with Gasteiger partial charge in [-0.15, -0.1) is 0 Å². The van der Waals surface area contributed by atoms with Crippen molar-refractivity contribution in [3.8, 4) is 11.8 Å². The molecule has 1 N–H and O–H groups in total. The Morgan fingerprint density at radius 3 is 2.70 bits per heavy atom. The third kappa shape index (κ3) is 3.03. The number of rotatable bonds is 2. The van der Waals surface area contributed by atoms with Crippen molar-refractivity contribution in [1.82, 2.24) is 20.1 Å². The molecule has 1 amide bonds. The van der Waals surface area contributed by atoms with Crippen LogP contribution in [0.5, 0.6) is 0 Å². The Morgan fingerprint density at radius 1 is 1.22 bits per heavy atom. The van der Waals surface area contributed by atoms with E-state index < -0.39 is 0 Å². The van der Waals surface area contributed by atoms with Gasteiger partial charge in [0.05, 0.1) is 0 Å². The minimum absolute atomic E-state index is 0.0129. The molecule has 5 nitrogen and oxygen atoms in total. The van der Waals surface area contributed by atoms with Gasteiger partial charge < -0.3 is 5.32 Å². The van der Waals surface area contributed by atoms with E-state index in [9.17, 15) is 4.79 Å². The van der Waals surface area contributed by atoms with Crippen molar-refractivity contribution >= 4 is 5.91 Å². The number of aryl methyl sites for hydroxylation is 1. The van der Waals surface area contributed by atoms with Gasteiger partial charge in [-0.2, -0.15) is 5.10 Å². The van der Waals surface area contributed by atoms with Crippen LogP contribution in [0, 0.1) is 29.1 Å². The van der Waals surface area contributed by atoms with Crippen molar-refractivity contribution in [2.24, 2.45) is 24.3 Å². The first-order valence-electron chi connectivity index (χ1n) is 9.80. The second-order valence-corrected chi connectivity index (χ2v) is 8.82. The number of carbonyl (C=O) groups excluding carboxylic acids is 1. The molecule has 0 saturated heterocycles. The number of pyridine rings is 1. The van der Waals surface area contributed by atoms with Crippen LogP contribution >= 0.6 is 0 Å². The first-order valence-corrected chi connectivity index (χ1v) is 9.80. The molecular formula is C22H24N4O. The quantitative estimate of drug-likeness (QED) is 0.838. The second-order valence-electron chi connectivity index (χ2n) is 8.82. The third-order valence-electron chi connectivity index (χ3n) is 6.51. The van der Waals surface area contributed by atoms with Gasteiger partial charge in [0.1, 0.15) is 11.4 Å². The Bertz CT molecular complexity index is 922. The second kappa shape index (κ2) is 5.95. The van der Waals surface area contributed by atoms with E-state index in [1.807, 2.05) is 31.4 Å². The summed E-state index contributed by atoms with van der Waals surface area (Å²) in [5.74, 6) is 8.19. The van der Waals surface area contributed by atoms with Crippen LogP contribution < -0.4 is 5.32 Å². The molecule has 2 atom stereocenters. The molecule has 2 aromatic rings. The van der Waals surface area contributed by atoms with Crippen molar-refractivity contribution in [3.63, 3.8) is 0 Å². The first kappa shape index (κ1) is 16.6. The lowest BCUT2D eigenvalue weighted by molar-refractivity contribution is -0.0484. The van der Waals surface area contributed by atoms with Crippen molar-refractivity contribution in [3.05, 3.63) is 48.0 Å². The molecule has 4 bridgehead atoms. The van der Waals surface area contributed by atoms with Crippen LogP contribution in [0.15, 0.2) is 36.7 Å². The highest BCUT2D eigenvalue weighted by Gasteiger charge is 2.57. The zero-order valence-corrected chi connectivity index (χ0v) is 15.6. The number of aromatic nitrogens is 3. The molecule has 0 aliphatic heterocycles. The van der Waals surface area contributed by atoms with Crippen LogP contribution in [-0.2, 0) is 7.05 Å². The minimum Gasteiger partial charge on any atom is -0.345 e. The van der Waals surface area contributed by atoms with Gasteiger partial charge in [0.2, 0.25) is 0 Å². The van der Waals surface area contributed by atoms with Crippen LogP contribution in [0.2, 0.25) is 0 Å². The molecule has 4 aliphatic rings. The van der Waals surface area contributed by atoms with E-state index in [4.69, 9.17) is 0 Å². The molecule has 4 aliphatic carbocycles. The van der Waals surface area contributed by atoms with E-state index in [-0.39, 0.29) is 16.9 Å². The molecule has 2 aromatic heterocycles. The average molecular weight is 360 g/mol. The highest BCUT2D eigenvalue weighted by atomic mass is 16.2. The van der Waals surface area contributed by atoms with Gasteiger partial charge in [-0.3, -0.25) is 9.48 Å². The van der Waals surface area contributed by atoms with Crippen LogP contribution in [-0.4, -0.2) is 26.2 Å². The summed E-state index contributed by atoms with van der Waals surface area (Å²) in [5, 5.41) is 7.65. The highest BCUT2D eigenvalue weighted by molar-refractivity contribution is 5.92. The maximum absolute atomic E-state index is 12.8. The maximum Gasteiger partial charge on any atom is 0.272 e. The number of nitrogens with one attached hydrogen (secondary N) is 1. The van der Waals surface area contributed by atoms with Gasteiger partial charge in [0.15, 0.2) is 0 Å². The molecular weight excluding hydrogens is 336 g/mol. The van der Waals surface area contributed by atoms with Crippen molar-refractivity contribution in [2.75, 3.05) is 0 Å². The summed E-state index contributed by atoms with van der Waals surface area (Å²) in [6.45, 7) is 0. The topological polar surface area (TPSA) is 59.8 Å². The summed E-state index contributed by atoms with van der Waals surface area (Å²) in [7, 11) is 1.84. The number of hydrogen-bond donors (Lipinski definition) is 1. The molecule has 4 saturated carbocycles. The molecule has 0 radical (unpaired) electrons. The van der Waals surface area contributed by atoms with Crippen LogP contribution in [0.3, 0.4) is 0 Å². The molecule has 0 aromatic carbocycles. The van der Waals surface area contributed by atoms with E-state index in [2.05, 4.69) is 27.2 Å². The summed E-state index contributed by atoms with van der Waals surface area (Å²) in [4.78, 5) is 17.1. The number of amides is 1. The summed E-state index contributed by atoms with van der Waals surface area (Å²) >= 11 is 0. The number of carbonyl (C=O) groups is 1. The van der Waals surface area contributed by atoms with Gasteiger partial charge in [-0.05, 0) is 74.5 Å². The van der Waals surface area contributed by atoms with Gasteiger partial charge in [-0.1, -0.05) is 12.0 Å². The number of hydrogen-bond acceptors (Lipinski definition) is 3. The summed E-state index contributed by atoms with van der Waals surface area (Å²) in [6, 6.07) is 7.64. The fourth-order valence-electron chi connectivity index (χ4n) is 6.03. The Morgan fingerprint density at radius 2 is 2.04 bits per heavy atom. The molecule has 6 rings (SSSR count). The minimum atomic E-state index is -0.127. The molecule has 2 heterocycles. The zero-order valence-electron chi connectivity index (χ0n) is 15.6. The summed E-state index contributed by atoms with van der Waals surface area (Å²) in [6.07, 6.45) is 10.3. The van der Waals surface area contributed by atoms with Crippen molar-refractivity contribution in [1.29, 1.82) is 0 Å². The molecule has 0 spiro atoms. The lowest BCUT2D eigenvalue weighted by atomic mass is 9.47. The van der Waals surface area contributed by atoms with Gasteiger partial charge in [0, 0.05) is 30.4 Å². The zero-order chi connectivity index (χ0) is 18.5. The van der Waals surface area contributed by atoms with E-state index in [0.717, 1.165) is 37.8 Å². The van der Waals surface area contributed by atoms with Crippen molar-refractivity contribution < 1.29 is 4.79 Å². The van der Waals surface area contributed by atoms with Gasteiger partial charge >= 0.3 is 0 Å². The average Bonchev–Trinajstić information content (AvgIpc) is 3.06. The largest absolute Gasteiger partial charge is 0.345 e. The summed E-state index contributed by atoms with van der Waals surface area (Å²) in [5.41, 5.74) is 1.22. The fourth-order valence-corrected chi connectivity index (χ4v) is 6.03. The Balaban J connectivity index is 1.42. The first-order chi connectivity index (χ1) is 13.0. The normalized spacial score (nSPS) is 33.4. The van der Waals surface area contributed by atoms with E-state index in [1.165, 1.54) is 6.42 Å². The van der Waals surface area contributed by atoms with Crippen LogP contribution in [0.1, 0.15) is 54.7 Å². The predicted molar refractivity (Wildman–Crippen MR) is 102 cm³/mol. The lowest BCUT2D eigenvalue weighted by Crippen LogP contribution is -2.62. The van der Waals surface area contributed by atoms with E-state index in [0.29, 0.717) is 17.5 Å². The fraction of sp³-hybridized carbons (Fsp3) is 0.500. The maximum atomic E-state index is 12.8. The summed E-state index contributed by atoms with van der Waals surface area (Å²) < 4.78 is 1.68. The lowest BCUT2D eigenvalue weighted by Gasteiger charge is -2.60.